The van der Waals surface area contributed by atoms with Crippen molar-refractivity contribution in [2.24, 2.45) is 0 Å². The molecule has 4 nitrogen and oxygen atoms in total. The third-order valence-corrected chi connectivity index (χ3v) is 3.16. The Hall–Kier alpha value is -1.39. The molecule has 106 valence electrons. The molecule has 0 heterocycles. The Morgan fingerprint density at radius 2 is 1.95 bits per heavy atom. The summed E-state index contributed by atoms with van der Waals surface area (Å²) in [5, 5.41) is 8.87. The van der Waals surface area contributed by atoms with Gasteiger partial charge in [0.2, 0.25) is 0 Å². The number of benzene rings is 1. The monoisotopic (exact) mass is 265 g/mol. The molecule has 0 saturated carbocycles. The first-order valence-electron chi connectivity index (χ1n) is 6.57. The molecule has 1 unspecified atom stereocenters. The molecule has 1 rings (SSSR count). The van der Waals surface area contributed by atoms with E-state index in [1.54, 1.807) is 7.11 Å². The van der Waals surface area contributed by atoms with Crippen molar-refractivity contribution in [1.82, 2.24) is 4.90 Å². The Balaban J connectivity index is 2.89. The van der Waals surface area contributed by atoms with Crippen LogP contribution in [0.5, 0.6) is 0 Å². The summed E-state index contributed by atoms with van der Waals surface area (Å²) in [6.07, 6.45) is 0.144. The van der Waals surface area contributed by atoms with Crippen LogP contribution in [0.1, 0.15) is 31.9 Å². The summed E-state index contributed by atoms with van der Waals surface area (Å²) in [6.45, 7) is 5.23. The molecule has 1 atom stereocenters. The van der Waals surface area contributed by atoms with E-state index in [0.29, 0.717) is 13.2 Å². The zero-order valence-corrected chi connectivity index (χ0v) is 11.9. The quantitative estimate of drug-likeness (QED) is 0.785. The van der Waals surface area contributed by atoms with Gasteiger partial charge in [0, 0.05) is 19.7 Å². The van der Waals surface area contributed by atoms with E-state index in [1.165, 1.54) is 0 Å². The molecule has 0 radical (unpaired) electrons. The molecule has 0 spiro atoms. The van der Waals surface area contributed by atoms with Crippen LogP contribution in [0, 0.1) is 0 Å². The second kappa shape index (κ2) is 7.92. The van der Waals surface area contributed by atoms with Crippen LogP contribution in [0.15, 0.2) is 30.3 Å². The van der Waals surface area contributed by atoms with E-state index in [1.807, 2.05) is 18.2 Å². The molecule has 0 saturated heterocycles. The summed E-state index contributed by atoms with van der Waals surface area (Å²) in [6, 6.07) is 10.4. The smallest absolute Gasteiger partial charge is 0.304 e. The van der Waals surface area contributed by atoms with Gasteiger partial charge in [0.15, 0.2) is 0 Å². The molecule has 0 bridgehead atoms. The lowest BCUT2D eigenvalue weighted by molar-refractivity contribution is -0.137. The van der Waals surface area contributed by atoms with Gasteiger partial charge in [0.25, 0.3) is 0 Å². The van der Waals surface area contributed by atoms with Gasteiger partial charge in [-0.25, -0.2) is 0 Å². The fourth-order valence-electron chi connectivity index (χ4n) is 2.22. The zero-order chi connectivity index (χ0) is 14.3. The van der Waals surface area contributed by atoms with Crippen molar-refractivity contribution < 1.29 is 14.6 Å². The molecule has 4 heteroatoms. The highest BCUT2D eigenvalue weighted by Gasteiger charge is 2.23. The molecule has 0 aliphatic heterocycles. The molecule has 19 heavy (non-hydrogen) atoms. The van der Waals surface area contributed by atoms with Gasteiger partial charge in [-0.1, -0.05) is 30.3 Å². The van der Waals surface area contributed by atoms with Gasteiger partial charge in [-0.05, 0) is 19.4 Å². The summed E-state index contributed by atoms with van der Waals surface area (Å²) >= 11 is 0. The number of carboxylic acids is 1. The van der Waals surface area contributed by atoms with E-state index in [0.717, 1.165) is 5.56 Å². The average molecular weight is 265 g/mol. The number of carboxylic acid groups (broad SMARTS) is 1. The molecule has 1 aromatic carbocycles. The van der Waals surface area contributed by atoms with Crippen molar-refractivity contribution in [3.8, 4) is 0 Å². The van der Waals surface area contributed by atoms with Gasteiger partial charge in [-0.15, -0.1) is 0 Å². The number of ether oxygens (including phenoxy) is 1. The van der Waals surface area contributed by atoms with Crippen molar-refractivity contribution in [2.75, 3.05) is 20.3 Å². The molecule has 0 fully saturated rings. The summed E-state index contributed by atoms with van der Waals surface area (Å²) in [7, 11) is 1.67. The van der Waals surface area contributed by atoms with Gasteiger partial charge < -0.3 is 9.84 Å². The molecule has 1 aromatic rings. The molecular weight excluding hydrogens is 242 g/mol. The number of methoxy groups -OCH3 is 1. The van der Waals surface area contributed by atoms with Crippen LogP contribution in [0.2, 0.25) is 0 Å². The first-order chi connectivity index (χ1) is 9.06. The van der Waals surface area contributed by atoms with Crippen LogP contribution in [0.3, 0.4) is 0 Å². The van der Waals surface area contributed by atoms with Crippen LogP contribution in [-0.2, 0) is 9.53 Å². The van der Waals surface area contributed by atoms with Gasteiger partial charge >= 0.3 is 5.97 Å². The van der Waals surface area contributed by atoms with E-state index in [2.05, 4.69) is 30.9 Å². The number of nitrogens with zero attached hydrogens (tertiary/aromatic N) is 1. The Morgan fingerprint density at radius 1 is 1.32 bits per heavy atom. The number of carbonyl (C=O) groups is 1. The maximum Gasteiger partial charge on any atom is 0.304 e. The summed E-state index contributed by atoms with van der Waals surface area (Å²) in [5.74, 6) is -0.769. The van der Waals surface area contributed by atoms with Crippen LogP contribution >= 0.6 is 0 Å². The lowest BCUT2D eigenvalue weighted by Gasteiger charge is -2.34. The topological polar surface area (TPSA) is 49.8 Å². The highest BCUT2D eigenvalue weighted by atomic mass is 16.5. The Morgan fingerprint density at radius 3 is 2.42 bits per heavy atom. The second-order valence-electron chi connectivity index (χ2n) is 4.86. The lowest BCUT2D eigenvalue weighted by Crippen LogP contribution is -2.38. The van der Waals surface area contributed by atoms with Crippen LogP contribution in [0.4, 0.5) is 0 Å². The molecular formula is C15H23NO3. The average Bonchev–Trinajstić information content (AvgIpc) is 2.38. The Labute approximate surface area is 115 Å². The first-order valence-corrected chi connectivity index (χ1v) is 6.57. The van der Waals surface area contributed by atoms with Gasteiger partial charge in [0.05, 0.1) is 19.1 Å². The first kappa shape index (κ1) is 15.7. The molecule has 1 N–H and O–H groups in total. The summed E-state index contributed by atoms with van der Waals surface area (Å²) < 4.78 is 5.31. The SMILES string of the molecule is COCC(c1ccccc1)N(CCC(=O)O)C(C)C. The van der Waals surface area contributed by atoms with Crippen LogP contribution < -0.4 is 0 Å². The van der Waals surface area contributed by atoms with Gasteiger partial charge in [-0.2, -0.15) is 0 Å². The lowest BCUT2D eigenvalue weighted by atomic mass is 10.0. The van der Waals surface area contributed by atoms with E-state index in [9.17, 15) is 4.79 Å². The standard InChI is InChI=1S/C15H23NO3/c1-12(2)16(10-9-15(17)18)14(11-19-3)13-7-5-4-6-8-13/h4-8,12,14H,9-11H2,1-3H3,(H,17,18). The maximum atomic E-state index is 10.8. The third-order valence-electron chi connectivity index (χ3n) is 3.16. The van der Waals surface area contributed by atoms with E-state index >= 15 is 0 Å². The minimum Gasteiger partial charge on any atom is -0.481 e. The Kier molecular flexibility index (Phi) is 6.53. The van der Waals surface area contributed by atoms with Crippen molar-refractivity contribution in [3.05, 3.63) is 35.9 Å². The van der Waals surface area contributed by atoms with E-state index < -0.39 is 5.97 Å². The molecule has 0 aromatic heterocycles. The predicted molar refractivity (Wildman–Crippen MR) is 75.2 cm³/mol. The maximum absolute atomic E-state index is 10.8. The minimum absolute atomic E-state index is 0.0885. The highest BCUT2D eigenvalue weighted by Crippen LogP contribution is 2.23. The van der Waals surface area contributed by atoms with Crippen molar-refractivity contribution >= 4 is 5.97 Å². The predicted octanol–water partition coefficient (Wildman–Crippen LogP) is 2.56. The highest BCUT2D eigenvalue weighted by molar-refractivity contribution is 5.66. The van der Waals surface area contributed by atoms with Crippen molar-refractivity contribution in [1.29, 1.82) is 0 Å². The fourth-order valence-corrected chi connectivity index (χ4v) is 2.22. The van der Waals surface area contributed by atoms with Crippen molar-refractivity contribution in [3.63, 3.8) is 0 Å². The van der Waals surface area contributed by atoms with E-state index in [-0.39, 0.29) is 18.5 Å². The van der Waals surface area contributed by atoms with E-state index in [4.69, 9.17) is 9.84 Å². The molecule has 0 aliphatic rings. The minimum atomic E-state index is -0.769. The van der Waals surface area contributed by atoms with Gasteiger partial charge in [0.1, 0.15) is 0 Å². The normalized spacial score (nSPS) is 12.9. The van der Waals surface area contributed by atoms with Crippen LogP contribution in [-0.4, -0.2) is 42.3 Å². The Bertz CT molecular complexity index is 378. The molecule has 0 aliphatic carbocycles. The number of rotatable bonds is 8. The second-order valence-corrected chi connectivity index (χ2v) is 4.86. The third kappa shape index (κ3) is 5.01. The number of hydrogen-bond acceptors (Lipinski definition) is 3. The largest absolute Gasteiger partial charge is 0.481 e. The summed E-state index contributed by atoms with van der Waals surface area (Å²) in [5.41, 5.74) is 1.16. The number of aliphatic carboxylic acids is 1. The number of hydrogen-bond donors (Lipinski definition) is 1. The van der Waals surface area contributed by atoms with Gasteiger partial charge in [-0.3, -0.25) is 9.69 Å². The summed E-state index contributed by atoms with van der Waals surface area (Å²) in [4.78, 5) is 13.0. The van der Waals surface area contributed by atoms with Crippen molar-refractivity contribution in [2.45, 2.75) is 32.4 Å². The fraction of sp³-hybridized carbons (Fsp3) is 0.533. The zero-order valence-electron chi connectivity index (χ0n) is 11.9. The van der Waals surface area contributed by atoms with Crippen LogP contribution in [0.25, 0.3) is 0 Å². The molecule has 0 amide bonds.